The molecular formula is C80H48N2OS. The number of furan rings is 1. The molecule has 4 aromatic heterocycles. The minimum absolute atomic E-state index is 0.890. The van der Waals surface area contributed by atoms with E-state index in [1.54, 1.807) is 0 Å². The SMILES string of the molecule is c1ccc(-c2ccc(-n3c4ccc(-c5ccc(-c6ccc(-n7c8ccccc8c8cc9ccccc9c(-c9ccc%10sc%11ccccc%11c%10c9)c87)cc6)cc5)cc4c4cc5ccccc5c(-c5ccc6oc7ccccc7c6c5)c43)cc2)cc1. The number of hydrogen-bond acceptors (Lipinski definition) is 2. The van der Waals surface area contributed by atoms with E-state index in [1.165, 1.54) is 130 Å². The average Bonchev–Trinajstić information content (AvgIpc) is 2.90. The Bertz CT molecular complexity index is 5700. The molecule has 14 aromatic carbocycles. The van der Waals surface area contributed by atoms with Gasteiger partial charge in [0.1, 0.15) is 11.2 Å². The molecule has 0 unspecified atom stereocenters. The predicted molar refractivity (Wildman–Crippen MR) is 357 cm³/mol. The molecule has 18 rings (SSSR count). The number of fused-ring (bicyclic) bond motifs is 14. The first-order valence-electron chi connectivity index (χ1n) is 28.8. The Hall–Kier alpha value is -10.8. The molecule has 0 aliphatic rings. The summed E-state index contributed by atoms with van der Waals surface area (Å²) in [4.78, 5) is 0. The summed E-state index contributed by atoms with van der Waals surface area (Å²) in [5.74, 6) is 0. The van der Waals surface area contributed by atoms with Gasteiger partial charge in [0, 0.05) is 75.0 Å². The quantitative estimate of drug-likeness (QED) is 0.156. The van der Waals surface area contributed by atoms with E-state index in [4.69, 9.17) is 4.42 Å². The van der Waals surface area contributed by atoms with Gasteiger partial charge in [-0.2, -0.15) is 0 Å². The van der Waals surface area contributed by atoms with E-state index in [2.05, 4.69) is 294 Å². The molecule has 0 spiro atoms. The Morgan fingerprint density at radius 2 is 0.667 bits per heavy atom. The number of rotatable bonds is 7. The van der Waals surface area contributed by atoms with Crippen LogP contribution >= 0.6 is 11.3 Å². The Morgan fingerprint density at radius 3 is 1.33 bits per heavy atom. The van der Waals surface area contributed by atoms with E-state index in [0.29, 0.717) is 0 Å². The number of nitrogens with zero attached hydrogens (tertiary/aromatic N) is 2. The highest BCUT2D eigenvalue weighted by atomic mass is 32.1. The van der Waals surface area contributed by atoms with Crippen LogP contribution < -0.4 is 0 Å². The zero-order chi connectivity index (χ0) is 55.0. The van der Waals surface area contributed by atoms with Crippen LogP contribution in [0.4, 0.5) is 0 Å². The standard InChI is InChI=1S/C80H48N2OS/c1-2-14-49(15-3-1)51-30-37-60(38-31-51)82-72-41-34-54(44-66(72)70-46-56-17-5-7-19-62(56)77(80(70)82)57-35-42-74-67(47-57)64-21-9-12-24-73(64)83-74)53-28-26-50(27-29-53)52-32-39-59(40-33-52)81-71-23-11-8-20-63(71)69-45-55-16-4-6-18-61(55)78(79(69)81)58-36-43-76-68(48-58)65-22-10-13-25-75(65)84-76/h1-48H. The highest BCUT2D eigenvalue weighted by Crippen LogP contribution is 2.48. The summed E-state index contributed by atoms with van der Waals surface area (Å²) >= 11 is 1.87. The summed E-state index contributed by atoms with van der Waals surface area (Å²) in [7, 11) is 0. The van der Waals surface area contributed by atoms with Crippen molar-refractivity contribution in [1.82, 2.24) is 9.13 Å². The van der Waals surface area contributed by atoms with Gasteiger partial charge in [-0.05, 0) is 157 Å². The number of hydrogen-bond donors (Lipinski definition) is 0. The third kappa shape index (κ3) is 7.18. The fraction of sp³-hybridized carbons (Fsp3) is 0. The maximum Gasteiger partial charge on any atom is 0.135 e. The van der Waals surface area contributed by atoms with Crippen LogP contribution in [0.25, 0.3) is 174 Å². The normalized spacial score (nSPS) is 12.0. The third-order valence-electron chi connectivity index (χ3n) is 17.7. The Labute approximate surface area is 487 Å². The van der Waals surface area contributed by atoms with Crippen molar-refractivity contribution >= 4 is 119 Å². The molecule has 0 bridgehead atoms. The van der Waals surface area contributed by atoms with Gasteiger partial charge in [-0.15, -0.1) is 11.3 Å². The van der Waals surface area contributed by atoms with Gasteiger partial charge in [-0.25, -0.2) is 0 Å². The van der Waals surface area contributed by atoms with Crippen molar-refractivity contribution in [2.24, 2.45) is 0 Å². The van der Waals surface area contributed by atoms with E-state index in [1.807, 2.05) is 17.4 Å². The molecule has 4 heteroatoms. The molecule has 18 aromatic rings. The van der Waals surface area contributed by atoms with Crippen LogP contribution in [-0.2, 0) is 0 Å². The van der Waals surface area contributed by atoms with Gasteiger partial charge in [-0.3, -0.25) is 0 Å². The summed E-state index contributed by atoms with van der Waals surface area (Å²) in [5.41, 5.74) is 20.7. The number of para-hydroxylation sites is 2. The maximum atomic E-state index is 6.38. The largest absolute Gasteiger partial charge is 0.456 e. The molecule has 0 saturated heterocycles. The van der Waals surface area contributed by atoms with E-state index in [9.17, 15) is 0 Å². The molecule has 0 aliphatic heterocycles. The zero-order valence-corrected chi connectivity index (χ0v) is 46.2. The van der Waals surface area contributed by atoms with Crippen LogP contribution in [0.2, 0.25) is 0 Å². The van der Waals surface area contributed by atoms with E-state index < -0.39 is 0 Å². The third-order valence-corrected chi connectivity index (χ3v) is 18.8. The fourth-order valence-electron chi connectivity index (χ4n) is 13.8. The van der Waals surface area contributed by atoms with Gasteiger partial charge in [0.2, 0.25) is 0 Å². The van der Waals surface area contributed by atoms with Gasteiger partial charge >= 0.3 is 0 Å². The lowest BCUT2D eigenvalue weighted by molar-refractivity contribution is 0.669. The number of thiophene rings is 1. The lowest BCUT2D eigenvalue weighted by atomic mass is 9.93. The van der Waals surface area contributed by atoms with Crippen molar-refractivity contribution in [3.05, 3.63) is 291 Å². The second-order valence-corrected chi connectivity index (χ2v) is 23.4. The molecule has 0 atom stereocenters. The first-order valence-corrected chi connectivity index (χ1v) is 29.6. The highest BCUT2D eigenvalue weighted by Gasteiger charge is 2.24. The van der Waals surface area contributed by atoms with Crippen LogP contribution in [0.3, 0.4) is 0 Å². The van der Waals surface area contributed by atoms with Crippen molar-refractivity contribution in [2.45, 2.75) is 0 Å². The van der Waals surface area contributed by atoms with Crippen molar-refractivity contribution in [2.75, 3.05) is 0 Å². The first kappa shape index (κ1) is 46.9. The smallest absolute Gasteiger partial charge is 0.135 e. The Balaban J connectivity index is 0.760. The minimum atomic E-state index is 0.890. The molecule has 0 saturated carbocycles. The Morgan fingerprint density at radius 1 is 0.238 bits per heavy atom. The van der Waals surface area contributed by atoms with Gasteiger partial charge in [0.25, 0.3) is 0 Å². The predicted octanol–water partition coefficient (Wildman–Crippen LogP) is 22.8. The summed E-state index contributed by atoms with van der Waals surface area (Å²) < 4.78 is 14.0. The first-order chi connectivity index (χ1) is 41.6. The van der Waals surface area contributed by atoms with E-state index in [-0.39, 0.29) is 0 Å². The molecular weight excluding hydrogens is 1040 g/mol. The van der Waals surface area contributed by atoms with Crippen molar-refractivity contribution in [1.29, 1.82) is 0 Å². The summed E-state index contributed by atoms with van der Waals surface area (Å²) in [5, 5.41) is 14.7. The van der Waals surface area contributed by atoms with Gasteiger partial charge in [0.05, 0.1) is 22.1 Å². The van der Waals surface area contributed by atoms with E-state index >= 15 is 0 Å². The molecule has 3 nitrogen and oxygen atoms in total. The molecule has 84 heavy (non-hydrogen) atoms. The summed E-state index contributed by atoms with van der Waals surface area (Å²) in [6.07, 6.45) is 0. The molecule has 0 amide bonds. The van der Waals surface area contributed by atoms with Gasteiger partial charge in [-0.1, -0.05) is 200 Å². The van der Waals surface area contributed by atoms with Crippen LogP contribution in [-0.4, -0.2) is 9.13 Å². The topological polar surface area (TPSA) is 23.0 Å². The lowest BCUT2D eigenvalue weighted by Crippen LogP contribution is -1.96. The highest BCUT2D eigenvalue weighted by molar-refractivity contribution is 7.25. The maximum absolute atomic E-state index is 6.38. The fourth-order valence-corrected chi connectivity index (χ4v) is 14.9. The summed E-state index contributed by atoms with van der Waals surface area (Å²) in [6.45, 7) is 0. The van der Waals surface area contributed by atoms with Gasteiger partial charge in [0.15, 0.2) is 0 Å². The van der Waals surface area contributed by atoms with Crippen LogP contribution in [0.15, 0.2) is 296 Å². The van der Waals surface area contributed by atoms with Crippen molar-refractivity contribution in [3.8, 4) is 67.0 Å². The zero-order valence-electron chi connectivity index (χ0n) is 45.4. The molecule has 0 aliphatic carbocycles. The average molecular weight is 1090 g/mol. The number of aromatic nitrogens is 2. The van der Waals surface area contributed by atoms with Crippen molar-refractivity contribution in [3.63, 3.8) is 0 Å². The van der Waals surface area contributed by atoms with Crippen LogP contribution in [0.1, 0.15) is 0 Å². The molecule has 0 N–H and O–H groups in total. The molecule has 4 heterocycles. The minimum Gasteiger partial charge on any atom is -0.456 e. The van der Waals surface area contributed by atoms with Crippen LogP contribution in [0.5, 0.6) is 0 Å². The van der Waals surface area contributed by atoms with E-state index in [0.717, 1.165) is 44.4 Å². The second kappa shape index (κ2) is 18.4. The lowest BCUT2D eigenvalue weighted by Gasteiger charge is -2.15. The Kier molecular flexibility index (Phi) is 10.3. The number of benzene rings is 14. The molecule has 0 fully saturated rings. The van der Waals surface area contributed by atoms with Crippen molar-refractivity contribution < 1.29 is 4.42 Å². The molecule has 390 valence electrons. The monoisotopic (exact) mass is 1080 g/mol. The summed E-state index contributed by atoms with van der Waals surface area (Å²) in [6, 6.07) is 107. The second-order valence-electron chi connectivity index (χ2n) is 22.3. The van der Waals surface area contributed by atoms with Crippen LogP contribution in [0, 0.1) is 0 Å². The molecule has 0 radical (unpaired) electrons. The van der Waals surface area contributed by atoms with Gasteiger partial charge < -0.3 is 13.6 Å².